The van der Waals surface area contributed by atoms with E-state index in [0.29, 0.717) is 22.8 Å². The van der Waals surface area contributed by atoms with Crippen molar-refractivity contribution in [3.63, 3.8) is 0 Å². The van der Waals surface area contributed by atoms with Crippen LogP contribution in [0.3, 0.4) is 0 Å². The zero-order valence-corrected chi connectivity index (χ0v) is 11.4. The van der Waals surface area contributed by atoms with E-state index < -0.39 is 10.0 Å². The number of nitrogens with two attached hydrogens (primary N) is 1. The molecule has 0 aliphatic carbocycles. The molecule has 19 heavy (non-hydrogen) atoms. The van der Waals surface area contributed by atoms with E-state index in [9.17, 15) is 8.42 Å². The molecule has 3 rings (SSSR count). The van der Waals surface area contributed by atoms with Crippen LogP contribution in [0, 0.1) is 0 Å². The van der Waals surface area contributed by atoms with Gasteiger partial charge in [-0.25, -0.2) is 0 Å². The number of rotatable bonds is 1. The molecule has 0 amide bonds. The maximum Gasteiger partial charge on any atom is 0.285 e. The minimum atomic E-state index is -3.53. The van der Waals surface area contributed by atoms with Gasteiger partial charge in [-0.3, -0.25) is 0 Å². The Morgan fingerprint density at radius 2 is 2.11 bits per heavy atom. The number of nitrogens with zero attached hydrogens (tertiary/aromatic N) is 2. The van der Waals surface area contributed by atoms with Crippen LogP contribution in [0.25, 0.3) is 0 Å². The van der Waals surface area contributed by atoms with Gasteiger partial charge in [-0.05, 0) is 31.4 Å². The standard InChI is InChI=1S/C13H17N3O2S/c14-9-10-5-3-4-8-16(10)13-11-6-1-2-7-12(11)19(17,18)15-13/h1-2,6-7,10H,3-5,8-9,14H2. The molecule has 1 saturated heterocycles. The topological polar surface area (TPSA) is 75.8 Å². The Kier molecular flexibility index (Phi) is 3.06. The van der Waals surface area contributed by atoms with Gasteiger partial charge >= 0.3 is 0 Å². The molecule has 0 aromatic heterocycles. The van der Waals surface area contributed by atoms with Crippen LogP contribution < -0.4 is 5.73 Å². The number of benzene rings is 1. The van der Waals surface area contributed by atoms with E-state index in [1.807, 2.05) is 12.1 Å². The smallest absolute Gasteiger partial charge is 0.285 e. The number of hydrogen-bond donors (Lipinski definition) is 1. The maximum absolute atomic E-state index is 12.1. The summed E-state index contributed by atoms with van der Waals surface area (Å²) in [4.78, 5) is 2.37. The Morgan fingerprint density at radius 3 is 2.89 bits per heavy atom. The molecule has 2 aliphatic rings. The quantitative estimate of drug-likeness (QED) is 0.830. The van der Waals surface area contributed by atoms with Gasteiger partial charge in [0.05, 0.1) is 0 Å². The van der Waals surface area contributed by atoms with Gasteiger partial charge in [0.2, 0.25) is 0 Å². The van der Waals surface area contributed by atoms with E-state index in [4.69, 9.17) is 5.73 Å². The molecule has 5 nitrogen and oxygen atoms in total. The number of amidine groups is 1. The molecule has 0 radical (unpaired) electrons. The highest BCUT2D eigenvalue weighted by Gasteiger charge is 2.34. The third kappa shape index (κ3) is 2.04. The first-order chi connectivity index (χ1) is 9.13. The normalized spacial score (nSPS) is 25.0. The van der Waals surface area contributed by atoms with Crippen molar-refractivity contribution < 1.29 is 8.42 Å². The summed E-state index contributed by atoms with van der Waals surface area (Å²) in [5.74, 6) is 0.575. The first kappa shape index (κ1) is 12.6. The van der Waals surface area contributed by atoms with Gasteiger partial charge in [0.1, 0.15) is 4.90 Å². The van der Waals surface area contributed by atoms with Gasteiger partial charge in [-0.1, -0.05) is 12.1 Å². The molecule has 1 aromatic carbocycles. The number of fused-ring (bicyclic) bond motifs is 1. The molecule has 2 aliphatic heterocycles. The SMILES string of the molecule is NCC1CCCCN1C1=NS(=O)(=O)c2ccccc21. The first-order valence-electron chi connectivity index (χ1n) is 6.54. The molecule has 2 N–H and O–H groups in total. The van der Waals surface area contributed by atoms with Crippen molar-refractivity contribution >= 4 is 15.9 Å². The summed E-state index contributed by atoms with van der Waals surface area (Å²) < 4.78 is 28.1. The minimum Gasteiger partial charge on any atom is -0.351 e. The summed E-state index contributed by atoms with van der Waals surface area (Å²) in [6.45, 7) is 1.35. The van der Waals surface area contributed by atoms with Gasteiger partial charge in [-0.2, -0.15) is 8.42 Å². The van der Waals surface area contributed by atoms with E-state index in [-0.39, 0.29) is 6.04 Å². The van der Waals surface area contributed by atoms with Gasteiger partial charge in [0, 0.05) is 24.7 Å². The molecule has 1 atom stereocenters. The molecule has 0 spiro atoms. The molecule has 0 saturated carbocycles. The first-order valence-corrected chi connectivity index (χ1v) is 7.98. The summed E-state index contributed by atoms with van der Waals surface area (Å²) in [6, 6.07) is 7.19. The summed E-state index contributed by atoms with van der Waals surface area (Å²) in [7, 11) is -3.53. The largest absolute Gasteiger partial charge is 0.351 e. The van der Waals surface area contributed by atoms with Crippen LogP contribution in [0.15, 0.2) is 33.6 Å². The lowest BCUT2D eigenvalue weighted by Gasteiger charge is -2.36. The van der Waals surface area contributed by atoms with E-state index in [2.05, 4.69) is 9.30 Å². The lowest BCUT2D eigenvalue weighted by Crippen LogP contribution is -2.47. The van der Waals surface area contributed by atoms with Crippen molar-refractivity contribution in [1.29, 1.82) is 0 Å². The molecule has 2 heterocycles. The second kappa shape index (κ2) is 4.61. The number of hydrogen-bond acceptors (Lipinski definition) is 4. The fourth-order valence-corrected chi connectivity index (χ4v) is 4.04. The molecule has 1 fully saturated rings. The molecule has 102 valence electrons. The number of likely N-dealkylation sites (tertiary alicyclic amines) is 1. The maximum atomic E-state index is 12.1. The molecule has 1 unspecified atom stereocenters. The summed E-state index contributed by atoms with van der Waals surface area (Å²) in [5, 5.41) is 0. The van der Waals surface area contributed by atoms with Gasteiger partial charge in [0.25, 0.3) is 10.0 Å². The molecular formula is C13H17N3O2S. The Hall–Kier alpha value is -1.40. The lowest BCUT2D eigenvalue weighted by molar-refractivity contribution is 0.248. The fraction of sp³-hybridized carbons (Fsp3) is 0.462. The zero-order valence-electron chi connectivity index (χ0n) is 10.6. The average molecular weight is 279 g/mol. The van der Waals surface area contributed by atoms with Crippen LogP contribution in [-0.2, 0) is 10.0 Å². The Balaban J connectivity index is 2.06. The van der Waals surface area contributed by atoms with Crippen molar-refractivity contribution in [2.75, 3.05) is 13.1 Å². The Labute approximate surface area is 113 Å². The molecule has 1 aromatic rings. The van der Waals surface area contributed by atoms with Crippen LogP contribution in [0.4, 0.5) is 0 Å². The van der Waals surface area contributed by atoms with Crippen LogP contribution in [0.1, 0.15) is 24.8 Å². The summed E-state index contributed by atoms with van der Waals surface area (Å²) in [6.07, 6.45) is 3.19. The van der Waals surface area contributed by atoms with E-state index >= 15 is 0 Å². The van der Waals surface area contributed by atoms with E-state index in [0.717, 1.165) is 25.8 Å². The Bertz CT molecular complexity index is 625. The lowest BCUT2D eigenvalue weighted by atomic mass is 10.0. The second-order valence-electron chi connectivity index (χ2n) is 4.96. The van der Waals surface area contributed by atoms with Crippen molar-refractivity contribution in [2.45, 2.75) is 30.2 Å². The molecular weight excluding hydrogens is 262 g/mol. The number of sulfonamides is 1. The monoisotopic (exact) mass is 279 g/mol. The van der Waals surface area contributed by atoms with Gasteiger partial charge < -0.3 is 10.6 Å². The van der Waals surface area contributed by atoms with Crippen LogP contribution in [0.5, 0.6) is 0 Å². The van der Waals surface area contributed by atoms with Crippen molar-refractivity contribution in [1.82, 2.24) is 4.90 Å². The predicted molar refractivity (Wildman–Crippen MR) is 73.6 cm³/mol. The van der Waals surface area contributed by atoms with Crippen LogP contribution in [0.2, 0.25) is 0 Å². The van der Waals surface area contributed by atoms with Crippen molar-refractivity contribution in [2.24, 2.45) is 10.1 Å². The summed E-state index contributed by atoms with van der Waals surface area (Å²) in [5.41, 5.74) is 6.51. The second-order valence-corrected chi connectivity index (χ2v) is 6.54. The fourth-order valence-electron chi connectivity index (χ4n) is 2.82. The minimum absolute atomic E-state index is 0.189. The summed E-state index contributed by atoms with van der Waals surface area (Å²) >= 11 is 0. The van der Waals surface area contributed by atoms with Gasteiger partial charge in [0.15, 0.2) is 5.84 Å². The van der Waals surface area contributed by atoms with E-state index in [1.165, 1.54) is 0 Å². The predicted octanol–water partition coefficient (Wildman–Crippen LogP) is 0.949. The van der Waals surface area contributed by atoms with Crippen LogP contribution >= 0.6 is 0 Å². The highest BCUT2D eigenvalue weighted by atomic mass is 32.2. The molecule has 0 bridgehead atoms. The van der Waals surface area contributed by atoms with Gasteiger partial charge in [-0.15, -0.1) is 4.40 Å². The van der Waals surface area contributed by atoms with Crippen molar-refractivity contribution in [3.05, 3.63) is 29.8 Å². The molecule has 6 heteroatoms. The zero-order chi connectivity index (χ0) is 13.5. The van der Waals surface area contributed by atoms with Crippen LogP contribution in [-0.4, -0.2) is 38.3 Å². The third-order valence-corrected chi connectivity index (χ3v) is 5.11. The third-order valence-electron chi connectivity index (χ3n) is 3.78. The average Bonchev–Trinajstić information content (AvgIpc) is 2.71. The number of piperidine rings is 1. The van der Waals surface area contributed by atoms with E-state index in [1.54, 1.807) is 12.1 Å². The Morgan fingerprint density at radius 1 is 1.32 bits per heavy atom. The van der Waals surface area contributed by atoms with Crippen molar-refractivity contribution in [3.8, 4) is 0 Å². The highest BCUT2D eigenvalue weighted by Crippen LogP contribution is 2.30. The highest BCUT2D eigenvalue weighted by molar-refractivity contribution is 7.90.